The van der Waals surface area contributed by atoms with Crippen LogP contribution in [-0.2, 0) is 16.0 Å². The number of phenols is 1. The van der Waals surface area contributed by atoms with E-state index < -0.39 is 12.2 Å². The van der Waals surface area contributed by atoms with E-state index in [2.05, 4.69) is 34.4 Å². The van der Waals surface area contributed by atoms with Crippen LogP contribution in [0.2, 0.25) is 0 Å². The third-order valence-electron chi connectivity index (χ3n) is 9.03. The molecule has 40 heavy (non-hydrogen) atoms. The van der Waals surface area contributed by atoms with Crippen molar-refractivity contribution >= 4 is 11.9 Å². The number of nitrogens with two attached hydrogens (primary N) is 1. The number of carbonyl (C=O) groups is 1. The van der Waals surface area contributed by atoms with E-state index in [1.165, 1.54) is 6.92 Å². The van der Waals surface area contributed by atoms with Crippen LogP contribution in [0.5, 0.6) is 11.5 Å². The summed E-state index contributed by atoms with van der Waals surface area (Å²) in [4.78, 5) is 16.2. The molecule has 220 valence electrons. The summed E-state index contributed by atoms with van der Waals surface area (Å²) in [5, 5.41) is 28.5. The smallest absolute Gasteiger partial charge is 0.302 e. The lowest BCUT2D eigenvalue weighted by Gasteiger charge is -2.45. The van der Waals surface area contributed by atoms with Crippen molar-refractivity contribution in [2.24, 2.45) is 33.9 Å². The second kappa shape index (κ2) is 13.6. The number of aliphatic hydroxyl groups excluding tert-OH is 1. The maximum Gasteiger partial charge on any atom is 0.302 e. The number of nitrogens with one attached hydrogen (secondary N) is 2. The number of ether oxygens (including phenoxy) is 2. The summed E-state index contributed by atoms with van der Waals surface area (Å²) >= 11 is 0. The molecule has 1 aromatic carbocycles. The lowest BCUT2D eigenvalue weighted by Crippen LogP contribution is -2.48. The Balaban J connectivity index is 1.62. The van der Waals surface area contributed by atoms with E-state index in [0.717, 1.165) is 50.8 Å². The number of hydrogen-bond donors (Lipinski definition) is 5. The highest BCUT2D eigenvalue weighted by atomic mass is 16.5. The van der Waals surface area contributed by atoms with E-state index in [1.54, 1.807) is 13.1 Å². The molecule has 9 heteroatoms. The molecular formula is C31H46N4O5. The van der Waals surface area contributed by atoms with Crippen LogP contribution < -0.4 is 21.1 Å². The second-order valence-corrected chi connectivity index (χ2v) is 11.9. The number of aliphatic hydroxyl groups is 1. The highest BCUT2D eigenvalue weighted by molar-refractivity contribution is 5.77. The van der Waals surface area contributed by atoms with Gasteiger partial charge in [0.25, 0.3) is 0 Å². The highest BCUT2D eigenvalue weighted by Gasteiger charge is 2.44. The van der Waals surface area contributed by atoms with E-state index >= 15 is 0 Å². The fraction of sp³-hybridized carbons (Fsp3) is 0.677. The Kier molecular flexibility index (Phi) is 10.2. The van der Waals surface area contributed by atoms with Crippen LogP contribution in [0.1, 0.15) is 64.4 Å². The molecular weight excluding hydrogens is 508 g/mol. The summed E-state index contributed by atoms with van der Waals surface area (Å²) in [5.41, 5.74) is 6.60. The Labute approximate surface area is 238 Å². The molecule has 2 bridgehead atoms. The number of benzene rings is 1. The highest BCUT2D eigenvalue weighted by Crippen LogP contribution is 2.46. The number of esters is 1. The van der Waals surface area contributed by atoms with Crippen molar-refractivity contribution in [1.29, 1.82) is 0 Å². The number of rotatable bonds is 7. The van der Waals surface area contributed by atoms with Crippen molar-refractivity contribution in [2.45, 2.75) is 83.5 Å². The predicted molar refractivity (Wildman–Crippen MR) is 155 cm³/mol. The molecule has 6 N–H and O–H groups in total. The van der Waals surface area contributed by atoms with Gasteiger partial charge < -0.3 is 36.1 Å². The standard InChI is InChI=1S/C31H46N4O5/c1-20-6-8-24-18-31(20,19-35-30(32)33-3)12-4-5-23(28(17-27(24)38)39-21(2)36)15-22-7-9-26(37)29(16-22)40-25-10-13-34-14-11-25/h7,9,16,20,23-25,27-28,34,37-38H,5-6,8,10-11,13-15,17-19H2,1-3H3,(H3,32,33,35)/t20-,23-,24+,27+,28-,31+/m0/s1. The van der Waals surface area contributed by atoms with Gasteiger partial charge in [-0.3, -0.25) is 9.79 Å². The first kappa shape index (κ1) is 30.0. The van der Waals surface area contributed by atoms with Crippen molar-refractivity contribution < 1.29 is 24.5 Å². The fourth-order valence-electron chi connectivity index (χ4n) is 6.48. The van der Waals surface area contributed by atoms with Crippen LogP contribution in [0, 0.1) is 35.0 Å². The largest absolute Gasteiger partial charge is 0.504 e. The summed E-state index contributed by atoms with van der Waals surface area (Å²) in [6, 6.07) is 5.44. The fourth-order valence-corrected chi connectivity index (χ4v) is 6.48. The molecule has 0 radical (unpaired) electrons. The van der Waals surface area contributed by atoms with Crippen LogP contribution in [0.15, 0.2) is 23.2 Å². The van der Waals surface area contributed by atoms with Gasteiger partial charge in [-0.1, -0.05) is 18.9 Å². The number of carbonyl (C=O) groups excluding carboxylic acids is 1. The second-order valence-electron chi connectivity index (χ2n) is 11.9. The number of piperidine rings is 1. The first-order valence-electron chi connectivity index (χ1n) is 14.7. The maximum absolute atomic E-state index is 12.1. The number of phenolic OH excluding ortho intramolecular Hbond substituents is 1. The Morgan fingerprint density at radius 3 is 2.77 bits per heavy atom. The Morgan fingerprint density at radius 1 is 1.27 bits per heavy atom. The van der Waals surface area contributed by atoms with Crippen LogP contribution >= 0.6 is 0 Å². The van der Waals surface area contributed by atoms with Gasteiger partial charge in [0.05, 0.1) is 11.5 Å². The number of aliphatic imine (C=N–C) groups is 1. The van der Waals surface area contributed by atoms with Crippen molar-refractivity contribution in [3.05, 3.63) is 23.8 Å². The Hall–Kier alpha value is -2.96. The third-order valence-corrected chi connectivity index (χ3v) is 9.03. The molecule has 0 amide bonds. The number of nitrogens with zero attached hydrogens (tertiary/aromatic N) is 1. The van der Waals surface area contributed by atoms with Crippen molar-refractivity contribution in [2.75, 3.05) is 26.7 Å². The molecule has 0 spiro atoms. The molecule has 0 aromatic heterocycles. The summed E-state index contributed by atoms with van der Waals surface area (Å²) in [6.07, 6.45) is 4.79. The monoisotopic (exact) mass is 554 g/mol. The molecule has 1 saturated carbocycles. The molecule has 1 saturated heterocycles. The maximum atomic E-state index is 12.1. The Morgan fingerprint density at radius 2 is 2.05 bits per heavy atom. The van der Waals surface area contributed by atoms with Gasteiger partial charge in [0.2, 0.25) is 0 Å². The van der Waals surface area contributed by atoms with Gasteiger partial charge in [-0.25, -0.2) is 0 Å². The first-order chi connectivity index (χ1) is 19.2. The van der Waals surface area contributed by atoms with E-state index in [1.807, 2.05) is 12.1 Å². The third kappa shape index (κ3) is 7.61. The van der Waals surface area contributed by atoms with Crippen molar-refractivity contribution in [3.8, 4) is 23.3 Å². The van der Waals surface area contributed by atoms with E-state index in [0.29, 0.717) is 43.4 Å². The minimum Gasteiger partial charge on any atom is -0.504 e. The van der Waals surface area contributed by atoms with Crippen LogP contribution in [0.25, 0.3) is 0 Å². The zero-order chi connectivity index (χ0) is 28.7. The number of fused-ring (bicyclic) bond motifs is 2. The van der Waals surface area contributed by atoms with Crippen LogP contribution in [-0.4, -0.2) is 67.1 Å². The number of guanidine groups is 1. The Bertz CT molecular complexity index is 1110. The minimum atomic E-state index is -0.616. The van der Waals surface area contributed by atoms with Crippen molar-refractivity contribution in [1.82, 2.24) is 10.6 Å². The van der Waals surface area contributed by atoms with Gasteiger partial charge in [-0.05, 0) is 81.1 Å². The average molecular weight is 555 g/mol. The minimum absolute atomic E-state index is 0.0440. The summed E-state index contributed by atoms with van der Waals surface area (Å²) in [5.74, 6) is 7.92. The zero-order valence-corrected chi connectivity index (χ0v) is 24.1. The normalized spacial score (nSPS) is 31.4. The van der Waals surface area contributed by atoms with E-state index in [9.17, 15) is 15.0 Å². The molecule has 6 atom stereocenters. The summed E-state index contributed by atoms with van der Waals surface area (Å²) < 4.78 is 12.0. The lowest BCUT2D eigenvalue weighted by molar-refractivity contribution is -0.151. The topological polar surface area (TPSA) is 138 Å². The first-order valence-corrected chi connectivity index (χ1v) is 14.7. The van der Waals surface area contributed by atoms with Gasteiger partial charge in [0, 0.05) is 39.3 Å². The molecule has 1 aliphatic heterocycles. The lowest BCUT2D eigenvalue weighted by atomic mass is 9.61. The molecule has 4 rings (SSSR count). The summed E-state index contributed by atoms with van der Waals surface area (Å²) in [6.45, 7) is 6.00. The van der Waals surface area contributed by atoms with E-state index in [4.69, 9.17) is 15.2 Å². The predicted octanol–water partition coefficient (Wildman–Crippen LogP) is 2.73. The van der Waals surface area contributed by atoms with E-state index in [-0.39, 0.29) is 35.1 Å². The molecule has 1 heterocycles. The number of hydrogen-bond acceptors (Lipinski definition) is 7. The van der Waals surface area contributed by atoms with Crippen LogP contribution in [0.3, 0.4) is 0 Å². The molecule has 3 aliphatic rings. The van der Waals surface area contributed by atoms with Gasteiger partial charge >= 0.3 is 5.97 Å². The van der Waals surface area contributed by atoms with Gasteiger partial charge in [0.15, 0.2) is 17.5 Å². The summed E-state index contributed by atoms with van der Waals surface area (Å²) in [7, 11) is 1.65. The van der Waals surface area contributed by atoms with Crippen molar-refractivity contribution in [3.63, 3.8) is 0 Å². The quantitative estimate of drug-likeness (QED) is 0.150. The molecule has 1 aromatic rings. The SMILES string of the molecule is CN=C(N)NC[C@]12C#CC[C@@H](Cc3ccc(O)c(OC4CCNCC4)c3)[C@@H](OC(C)=O)C[C@@H](O)[C@H](CC[C@@H]1C)C2. The number of aromatic hydroxyl groups is 1. The molecule has 0 unspecified atom stereocenters. The van der Waals surface area contributed by atoms with Crippen LogP contribution in [0.4, 0.5) is 0 Å². The average Bonchev–Trinajstić information content (AvgIpc) is 2.93. The molecule has 2 fully saturated rings. The molecule has 2 aliphatic carbocycles. The molecule has 9 nitrogen and oxygen atoms in total. The van der Waals surface area contributed by atoms with Gasteiger partial charge in [-0.15, -0.1) is 5.92 Å². The zero-order valence-electron chi connectivity index (χ0n) is 24.1. The van der Waals surface area contributed by atoms with Gasteiger partial charge in [0.1, 0.15) is 12.2 Å². The van der Waals surface area contributed by atoms with Gasteiger partial charge in [-0.2, -0.15) is 0 Å².